The van der Waals surface area contributed by atoms with Crippen molar-refractivity contribution in [3.8, 4) is 5.88 Å². The maximum atomic E-state index is 5.64. The molecule has 2 rings (SSSR count). The lowest BCUT2D eigenvalue weighted by Crippen LogP contribution is -2.08. The van der Waals surface area contributed by atoms with Gasteiger partial charge in [0, 0.05) is 23.2 Å². The number of aromatic nitrogens is 1. The molecule has 0 fully saturated rings. The normalized spacial score (nSPS) is 10.5. The largest absolute Gasteiger partial charge is 0.472 e. The molecule has 0 aromatic carbocycles. The van der Waals surface area contributed by atoms with Crippen LogP contribution in [0.15, 0.2) is 29.6 Å². The first-order chi connectivity index (χ1) is 8.29. The molecule has 0 bridgehead atoms. The second-order valence-electron chi connectivity index (χ2n) is 3.79. The molecule has 0 atom stereocenters. The van der Waals surface area contributed by atoms with Crippen LogP contribution < -0.4 is 10.1 Å². The number of ether oxygens (including phenoxy) is 1. The van der Waals surface area contributed by atoms with Crippen molar-refractivity contribution in [3.63, 3.8) is 0 Å². The summed E-state index contributed by atoms with van der Waals surface area (Å²) in [4.78, 5) is 5.65. The molecule has 4 heteroatoms. The molecule has 3 nitrogen and oxygen atoms in total. The summed E-state index contributed by atoms with van der Waals surface area (Å²) in [6, 6.07) is 8.07. The molecule has 2 aromatic heterocycles. The molecule has 0 spiro atoms. The van der Waals surface area contributed by atoms with Gasteiger partial charge in [-0.25, -0.2) is 4.98 Å². The van der Waals surface area contributed by atoms with E-state index in [4.69, 9.17) is 4.74 Å². The van der Waals surface area contributed by atoms with E-state index in [9.17, 15) is 0 Å². The van der Waals surface area contributed by atoms with Gasteiger partial charge in [-0.15, -0.1) is 11.3 Å². The summed E-state index contributed by atoms with van der Waals surface area (Å²) in [6.07, 6.45) is 0. The van der Waals surface area contributed by atoms with Crippen molar-refractivity contribution in [2.75, 3.05) is 7.05 Å². The molecule has 0 aliphatic heterocycles. The number of aryl methyl sites for hydroxylation is 1. The minimum absolute atomic E-state index is 0.593. The third-order valence-electron chi connectivity index (χ3n) is 2.48. The Balaban J connectivity index is 2.00. The third-order valence-corrected chi connectivity index (χ3v) is 3.33. The van der Waals surface area contributed by atoms with E-state index in [2.05, 4.69) is 22.4 Å². The van der Waals surface area contributed by atoms with E-state index in [1.54, 1.807) is 11.3 Å². The molecule has 0 aliphatic rings. The highest BCUT2D eigenvalue weighted by Gasteiger charge is 2.02. The van der Waals surface area contributed by atoms with Crippen LogP contribution in [0, 0.1) is 6.92 Å². The van der Waals surface area contributed by atoms with Gasteiger partial charge < -0.3 is 10.1 Å². The fourth-order valence-electron chi connectivity index (χ4n) is 1.56. The van der Waals surface area contributed by atoms with E-state index in [0.29, 0.717) is 12.5 Å². The average Bonchev–Trinajstić information content (AvgIpc) is 2.83. The molecular formula is C13H16N2OS. The molecule has 0 aliphatic carbocycles. The summed E-state index contributed by atoms with van der Waals surface area (Å²) < 4.78 is 5.64. The van der Waals surface area contributed by atoms with Gasteiger partial charge in [-0.3, -0.25) is 0 Å². The van der Waals surface area contributed by atoms with Crippen LogP contribution in [0.3, 0.4) is 0 Å². The Bertz CT molecular complexity index is 468. The highest BCUT2D eigenvalue weighted by Crippen LogP contribution is 2.15. The molecule has 17 heavy (non-hydrogen) atoms. The summed E-state index contributed by atoms with van der Waals surface area (Å²) in [6.45, 7) is 3.43. The lowest BCUT2D eigenvalue weighted by atomic mass is 10.2. The van der Waals surface area contributed by atoms with Gasteiger partial charge in [-0.1, -0.05) is 12.1 Å². The molecule has 0 unspecified atom stereocenters. The average molecular weight is 248 g/mol. The quantitative estimate of drug-likeness (QED) is 0.883. The third kappa shape index (κ3) is 3.28. The van der Waals surface area contributed by atoms with Crippen LogP contribution in [0.1, 0.15) is 16.1 Å². The van der Waals surface area contributed by atoms with E-state index in [1.807, 2.05) is 31.5 Å². The van der Waals surface area contributed by atoms with Gasteiger partial charge in [0.15, 0.2) is 0 Å². The molecule has 0 saturated carbocycles. The SMILES string of the molecule is CNCc1ccc(OCc2cccs2)nc1C. The predicted molar refractivity (Wildman–Crippen MR) is 70.4 cm³/mol. The van der Waals surface area contributed by atoms with Crippen molar-refractivity contribution >= 4 is 11.3 Å². The molecular weight excluding hydrogens is 232 g/mol. The van der Waals surface area contributed by atoms with E-state index in [0.717, 1.165) is 12.2 Å². The zero-order chi connectivity index (χ0) is 12.1. The highest BCUT2D eigenvalue weighted by atomic mass is 32.1. The van der Waals surface area contributed by atoms with Gasteiger partial charge in [0.1, 0.15) is 6.61 Å². The van der Waals surface area contributed by atoms with Crippen LogP contribution >= 0.6 is 11.3 Å². The minimum Gasteiger partial charge on any atom is -0.472 e. The molecule has 0 radical (unpaired) electrons. The Labute approximate surface area is 105 Å². The lowest BCUT2D eigenvalue weighted by Gasteiger charge is -2.08. The van der Waals surface area contributed by atoms with Gasteiger partial charge in [-0.05, 0) is 31.0 Å². The van der Waals surface area contributed by atoms with Gasteiger partial charge in [0.2, 0.25) is 5.88 Å². The van der Waals surface area contributed by atoms with Crippen LogP contribution in [-0.2, 0) is 13.2 Å². The van der Waals surface area contributed by atoms with Crippen LogP contribution in [-0.4, -0.2) is 12.0 Å². The predicted octanol–water partition coefficient (Wildman–Crippen LogP) is 2.75. The van der Waals surface area contributed by atoms with Gasteiger partial charge in [-0.2, -0.15) is 0 Å². The first-order valence-corrected chi connectivity index (χ1v) is 6.44. The van der Waals surface area contributed by atoms with E-state index in [1.165, 1.54) is 10.4 Å². The first-order valence-electron chi connectivity index (χ1n) is 5.56. The summed E-state index contributed by atoms with van der Waals surface area (Å²) in [5, 5.41) is 5.17. The fraction of sp³-hybridized carbons (Fsp3) is 0.308. The summed E-state index contributed by atoms with van der Waals surface area (Å²) in [7, 11) is 1.93. The van der Waals surface area contributed by atoms with Gasteiger partial charge in [0.05, 0.1) is 0 Å². The number of thiophene rings is 1. The molecule has 1 N–H and O–H groups in total. The maximum absolute atomic E-state index is 5.64. The topological polar surface area (TPSA) is 34.1 Å². The fourth-order valence-corrected chi connectivity index (χ4v) is 2.18. The van der Waals surface area contributed by atoms with Crippen molar-refractivity contribution < 1.29 is 4.74 Å². The number of nitrogens with zero attached hydrogens (tertiary/aromatic N) is 1. The van der Waals surface area contributed by atoms with Crippen LogP contribution in [0.2, 0.25) is 0 Å². The number of pyridine rings is 1. The van der Waals surface area contributed by atoms with Crippen molar-refractivity contribution in [1.82, 2.24) is 10.3 Å². The molecule has 0 amide bonds. The van der Waals surface area contributed by atoms with Crippen LogP contribution in [0.4, 0.5) is 0 Å². The smallest absolute Gasteiger partial charge is 0.213 e. The zero-order valence-corrected chi connectivity index (χ0v) is 10.9. The molecule has 0 saturated heterocycles. The number of rotatable bonds is 5. The van der Waals surface area contributed by atoms with Crippen LogP contribution in [0.25, 0.3) is 0 Å². The van der Waals surface area contributed by atoms with Crippen molar-refractivity contribution in [1.29, 1.82) is 0 Å². The van der Waals surface area contributed by atoms with E-state index >= 15 is 0 Å². The zero-order valence-electron chi connectivity index (χ0n) is 10.1. The van der Waals surface area contributed by atoms with E-state index < -0.39 is 0 Å². The summed E-state index contributed by atoms with van der Waals surface area (Å²) in [5.74, 6) is 0.691. The van der Waals surface area contributed by atoms with Gasteiger partial charge >= 0.3 is 0 Å². The maximum Gasteiger partial charge on any atom is 0.213 e. The molecule has 90 valence electrons. The molecule has 2 aromatic rings. The van der Waals surface area contributed by atoms with Crippen molar-refractivity contribution in [3.05, 3.63) is 45.8 Å². The minimum atomic E-state index is 0.593. The molecule has 2 heterocycles. The Hall–Kier alpha value is -1.39. The summed E-state index contributed by atoms with van der Waals surface area (Å²) in [5.41, 5.74) is 2.22. The number of hydrogen-bond donors (Lipinski definition) is 1. The Morgan fingerprint density at radius 3 is 2.88 bits per heavy atom. The van der Waals surface area contributed by atoms with Crippen LogP contribution in [0.5, 0.6) is 5.88 Å². The Morgan fingerprint density at radius 2 is 2.24 bits per heavy atom. The lowest BCUT2D eigenvalue weighted by molar-refractivity contribution is 0.296. The van der Waals surface area contributed by atoms with Crippen molar-refractivity contribution in [2.45, 2.75) is 20.1 Å². The van der Waals surface area contributed by atoms with E-state index in [-0.39, 0.29) is 0 Å². The highest BCUT2D eigenvalue weighted by molar-refractivity contribution is 7.09. The number of hydrogen-bond acceptors (Lipinski definition) is 4. The van der Waals surface area contributed by atoms with Crippen molar-refractivity contribution in [2.24, 2.45) is 0 Å². The number of nitrogens with one attached hydrogen (secondary N) is 1. The second kappa shape index (κ2) is 5.80. The standard InChI is InChI=1S/C13H16N2OS/c1-10-11(8-14-2)5-6-13(15-10)16-9-12-4-3-7-17-12/h3-7,14H,8-9H2,1-2H3. The second-order valence-corrected chi connectivity index (χ2v) is 4.82. The first kappa shape index (κ1) is 12.1. The summed E-state index contributed by atoms with van der Waals surface area (Å²) >= 11 is 1.69. The Kier molecular flexibility index (Phi) is 4.12. The monoisotopic (exact) mass is 248 g/mol. The Morgan fingerprint density at radius 1 is 1.35 bits per heavy atom. The van der Waals surface area contributed by atoms with Gasteiger partial charge in [0.25, 0.3) is 0 Å².